The van der Waals surface area contributed by atoms with E-state index in [1.807, 2.05) is 37.4 Å². The Morgan fingerprint density at radius 3 is 2.63 bits per heavy atom. The number of rotatable bonds is 3. The highest BCUT2D eigenvalue weighted by Crippen LogP contribution is 2.24. The first kappa shape index (κ1) is 15.8. The number of hydrogen-bond donors (Lipinski definition) is 0. The Bertz CT molecular complexity index is 1310. The maximum absolute atomic E-state index is 14.0. The molecule has 0 saturated carbocycles. The molecule has 0 amide bonds. The summed E-state index contributed by atoms with van der Waals surface area (Å²) in [5.74, 6) is 0.624. The van der Waals surface area contributed by atoms with E-state index in [9.17, 15) is 4.39 Å². The highest BCUT2D eigenvalue weighted by molar-refractivity contribution is 6.02. The second-order valence-electron chi connectivity index (χ2n) is 6.55. The van der Waals surface area contributed by atoms with Crippen molar-refractivity contribution < 1.29 is 4.39 Å². The molecule has 0 saturated heterocycles. The van der Waals surface area contributed by atoms with E-state index in [0.717, 1.165) is 33.5 Å². The van der Waals surface area contributed by atoms with Gasteiger partial charge in [0.25, 0.3) is 0 Å². The molecule has 0 fully saturated rings. The summed E-state index contributed by atoms with van der Waals surface area (Å²) in [5.41, 5.74) is 4.69. The molecule has 132 valence electrons. The normalized spacial score (nSPS) is 11.6. The fourth-order valence-electron chi connectivity index (χ4n) is 3.49. The zero-order chi connectivity index (χ0) is 18.4. The van der Waals surface area contributed by atoms with Crippen molar-refractivity contribution >= 4 is 33.0 Å². The molecule has 5 rings (SSSR count). The average Bonchev–Trinajstić information content (AvgIpc) is 3.03. The number of imidazole rings is 1. The van der Waals surface area contributed by atoms with Crippen molar-refractivity contribution in [2.24, 2.45) is 7.05 Å². The van der Waals surface area contributed by atoms with Gasteiger partial charge in [-0.3, -0.25) is 9.97 Å². The van der Waals surface area contributed by atoms with Crippen molar-refractivity contribution in [2.45, 2.75) is 12.8 Å². The molecule has 5 aromatic rings. The largest absolute Gasteiger partial charge is 0.331 e. The standard InChI is InChI=1S/C21H16FN5/c1-27-18-8-7-16-14(3-2-11-23-16)20(18)26-19(27)9-5-13-4-6-17-21(25-13)15(22)10-12-24-17/h2-4,6-8,10-12H,5,9H2,1H3. The minimum atomic E-state index is -0.344. The number of aromatic nitrogens is 5. The van der Waals surface area contributed by atoms with Gasteiger partial charge in [-0.25, -0.2) is 14.4 Å². The number of nitrogens with zero attached hydrogens (tertiary/aromatic N) is 5. The van der Waals surface area contributed by atoms with Crippen molar-refractivity contribution in [1.29, 1.82) is 0 Å². The Balaban J connectivity index is 1.51. The van der Waals surface area contributed by atoms with E-state index in [1.165, 1.54) is 12.3 Å². The van der Waals surface area contributed by atoms with Crippen LogP contribution in [0.25, 0.3) is 33.0 Å². The summed E-state index contributed by atoms with van der Waals surface area (Å²) >= 11 is 0. The van der Waals surface area contributed by atoms with Crippen LogP contribution in [0, 0.1) is 5.82 Å². The van der Waals surface area contributed by atoms with Gasteiger partial charge in [0.2, 0.25) is 0 Å². The molecule has 1 aromatic carbocycles. The van der Waals surface area contributed by atoms with Gasteiger partial charge < -0.3 is 4.57 Å². The van der Waals surface area contributed by atoms with Gasteiger partial charge in [0.1, 0.15) is 11.3 Å². The van der Waals surface area contributed by atoms with E-state index in [4.69, 9.17) is 4.98 Å². The van der Waals surface area contributed by atoms with Crippen LogP contribution < -0.4 is 0 Å². The second-order valence-corrected chi connectivity index (χ2v) is 6.55. The quantitative estimate of drug-likeness (QED) is 0.490. The summed E-state index contributed by atoms with van der Waals surface area (Å²) in [5, 5.41) is 1.05. The summed E-state index contributed by atoms with van der Waals surface area (Å²) in [6.07, 6.45) is 4.64. The zero-order valence-electron chi connectivity index (χ0n) is 14.7. The molecule has 0 aliphatic rings. The van der Waals surface area contributed by atoms with E-state index in [-0.39, 0.29) is 5.82 Å². The van der Waals surface area contributed by atoms with Crippen LogP contribution >= 0.6 is 0 Å². The first-order valence-electron chi connectivity index (χ1n) is 8.80. The molecule has 0 atom stereocenters. The predicted octanol–water partition coefficient (Wildman–Crippen LogP) is 3.99. The zero-order valence-corrected chi connectivity index (χ0v) is 14.7. The van der Waals surface area contributed by atoms with Crippen molar-refractivity contribution in [2.75, 3.05) is 0 Å². The molecule has 0 radical (unpaired) electrons. The molecule has 5 nitrogen and oxygen atoms in total. The van der Waals surface area contributed by atoms with Gasteiger partial charge in [0, 0.05) is 36.9 Å². The maximum Gasteiger partial charge on any atom is 0.152 e. The molecule has 6 heteroatoms. The van der Waals surface area contributed by atoms with Crippen molar-refractivity contribution in [3.63, 3.8) is 0 Å². The summed E-state index contributed by atoms with van der Waals surface area (Å²) in [4.78, 5) is 17.8. The Kier molecular flexibility index (Phi) is 3.57. The molecule has 0 aliphatic heterocycles. The van der Waals surface area contributed by atoms with Crippen LogP contribution in [0.15, 0.2) is 54.9 Å². The number of pyridine rings is 3. The van der Waals surface area contributed by atoms with Crippen LogP contribution in [0.2, 0.25) is 0 Å². The number of halogens is 1. The molecule has 27 heavy (non-hydrogen) atoms. The topological polar surface area (TPSA) is 56.5 Å². The number of hydrogen-bond acceptors (Lipinski definition) is 4. The fourth-order valence-corrected chi connectivity index (χ4v) is 3.49. The highest BCUT2D eigenvalue weighted by Gasteiger charge is 2.12. The molecule has 0 spiro atoms. The van der Waals surface area contributed by atoms with Gasteiger partial charge in [0.05, 0.1) is 22.1 Å². The summed E-state index contributed by atoms with van der Waals surface area (Å²) in [6.45, 7) is 0. The number of benzene rings is 1. The van der Waals surface area contributed by atoms with Gasteiger partial charge in [-0.2, -0.15) is 0 Å². The lowest BCUT2D eigenvalue weighted by Crippen LogP contribution is -2.02. The van der Waals surface area contributed by atoms with Gasteiger partial charge in [0.15, 0.2) is 5.82 Å². The predicted molar refractivity (Wildman–Crippen MR) is 103 cm³/mol. The average molecular weight is 357 g/mol. The van der Waals surface area contributed by atoms with E-state index in [1.54, 1.807) is 6.20 Å². The smallest absolute Gasteiger partial charge is 0.152 e. The summed E-state index contributed by atoms with van der Waals surface area (Å²) < 4.78 is 16.1. The fraction of sp³-hybridized carbons (Fsp3) is 0.143. The molecule has 4 aromatic heterocycles. The minimum absolute atomic E-state index is 0.317. The Labute approximate surface area is 154 Å². The summed E-state index contributed by atoms with van der Waals surface area (Å²) in [6, 6.07) is 13.1. The Morgan fingerprint density at radius 2 is 1.70 bits per heavy atom. The minimum Gasteiger partial charge on any atom is -0.331 e. The van der Waals surface area contributed by atoms with Crippen LogP contribution in [0.3, 0.4) is 0 Å². The highest BCUT2D eigenvalue weighted by atomic mass is 19.1. The Hall–Kier alpha value is -3.41. The van der Waals surface area contributed by atoms with Crippen molar-refractivity contribution in [1.82, 2.24) is 24.5 Å². The first-order valence-corrected chi connectivity index (χ1v) is 8.80. The van der Waals surface area contributed by atoms with Crippen LogP contribution in [-0.2, 0) is 19.9 Å². The summed E-state index contributed by atoms with van der Waals surface area (Å²) in [7, 11) is 2.02. The molecule has 0 aliphatic carbocycles. The third-order valence-corrected chi connectivity index (χ3v) is 4.92. The van der Waals surface area contributed by atoms with Crippen molar-refractivity contribution in [3.8, 4) is 0 Å². The van der Waals surface area contributed by atoms with Crippen molar-refractivity contribution in [3.05, 3.63) is 72.2 Å². The molecule has 0 bridgehead atoms. The molecule has 0 N–H and O–H groups in total. The molecular weight excluding hydrogens is 341 g/mol. The lowest BCUT2D eigenvalue weighted by Gasteiger charge is -2.04. The van der Waals surface area contributed by atoms with Gasteiger partial charge >= 0.3 is 0 Å². The number of aryl methyl sites for hydroxylation is 3. The third-order valence-electron chi connectivity index (χ3n) is 4.92. The molecular formula is C21H16FN5. The SMILES string of the molecule is Cn1c(CCc2ccc3nccc(F)c3n2)nc2c3cccnc3ccc21. The van der Waals surface area contributed by atoms with Crippen LogP contribution in [0.4, 0.5) is 4.39 Å². The van der Waals surface area contributed by atoms with Crippen LogP contribution in [0.5, 0.6) is 0 Å². The first-order chi connectivity index (χ1) is 13.2. The Morgan fingerprint density at radius 1 is 0.852 bits per heavy atom. The monoisotopic (exact) mass is 357 g/mol. The third kappa shape index (κ3) is 2.61. The second kappa shape index (κ2) is 6.09. The van der Waals surface area contributed by atoms with E-state index >= 15 is 0 Å². The lowest BCUT2D eigenvalue weighted by molar-refractivity contribution is 0.634. The molecule has 0 unspecified atom stereocenters. The van der Waals surface area contributed by atoms with E-state index in [2.05, 4.69) is 25.6 Å². The molecule has 4 heterocycles. The van der Waals surface area contributed by atoms with E-state index < -0.39 is 0 Å². The van der Waals surface area contributed by atoms with E-state index in [0.29, 0.717) is 23.9 Å². The van der Waals surface area contributed by atoms with Crippen LogP contribution in [-0.4, -0.2) is 24.5 Å². The van der Waals surface area contributed by atoms with Gasteiger partial charge in [-0.1, -0.05) is 0 Å². The maximum atomic E-state index is 14.0. The van der Waals surface area contributed by atoms with Crippen LogP contribution in [0.1, 0.15) is 11.5 Å². The van der Waals surface area contributed by atoms with Gasteiger partial charge in [-0.15, -0.1) is 0 Å². The number of fused-ring (bicyclic) bond motifs is 4. The lowest BCUT2D eigenvalue weighted by atomic mass is 10.2. The van der Waals surface area contributed by atoms with Gasteiger partial charge in [-0.05, 0) is 48.9 Å².